The first-order chi connectivity index (χ1) is 13.5. The van der Waals surface area contributed by atoms with E-state index in [1.165, 1.54) is 18.9 Å². The fraction of sp³-hybridized carbons (Fsp3) is 0.250. The van der Waals surface area contributed by atoms with Gasteiger partial charge in [-0.05, 0) is 29.8 Å². The maximum Gasteiger partial charge on any atom is 0.307 e. The summed E-state index contributed by atoms with van der Waals surface area (Å²) in [5.41, 5.74) is 1.45. The minimum Gasteiger partial charge on any atom is -0.469 e. The smallest absolute Gasteiger partial charge is 0.307 e. The van der Waals surface area contributed by atoms with Crippen molar-refractivity contribution in [3.05, 3.63) is 65.2 Å². The normalized spacial score (nSPS) is 11.4. The van der Waals surface area contributed by atoms with E-state index in [4.69, 9.17) is 16.3 Å². The van der Waals surface area contributed by atoms with E-state index in [0.29, 0.717) is 10.7 Å². The molecule has 6 nitrogen and oxygen atoms in total. The minimum atomic E-state index is -0.482. The van der Waals surface area contributed by atoms with Crippen LogP contribution in [0.25, 0.3) is 0 Å². The molecular weight excluding hydrogens is 400 g/mol. The van der Waals surface area contributed by atoms with Gasteiger partial charge < -0.3 is 15.4 Å². The lowest BCUT2D eigenvalue weighted by Crippen LogP contribution is -2.32. The molecule has 0 aromatic heterocycles. The number of halogens is 1. The van der Waals surface area contributed by atoms with Crippen molar-refractivity contribution in [2.75, 3.05) is 23.9 Å². The summed E-state index contributed by atoms with van der Waals surface area (Å²) in [7, 11) is 1.31. The Kier molecular flexibility index (Phi) is 8.84. The van der Waals surface area contributed by atoms with Gasteiger partial charge in [-0.25, -0.2) is 0 Å². The van der Waals surface area contributed by atoms with Gasteiger partial charge in [-0.1, -0.05) is 41.9 Å². The monoisotopic (exact) mass is 420 g/mol. The van der Waals surface area contributed by atoms with Gasteiger partial charge in [0.2, 0.25) is 11.8 Å². The molecule has 2 N–H and O–H groups in total. The van der Waals surface area contributed by atoms with Crippen LogP contribution in [0, 0.1) is 0 Å². The quantitative estimate of drug-likeness (QED) is 0.607. The van der Waals surface area contributed by atoms with Crippen molar-refractivity contribution in [1.82, 2.24) is 5.32 Å². The zero-order valence-corrected chi connectivity index (χ0v) is 16.9. The van der Waals surface area contributed by atoms with E-state index >= 15 is 0 Å². The Bertz CT molecular complexity index is 800. The molecule has 0 bridgehead atoms. The number of methoxy groups -OCH3 is 1. The molecule has 2 aromatic rings. The van der Waals surface area contributed by atoms with E-state index in [1.807, 2.05) is 30.3 Å². The summed E-state index contributed by atoms with van der Waals surface area (Å²) < 4.78 is 4.70. The molecule has 1 unspecified atom stereocenters. The molecule has 2 amide bonds. The Morgan fingerprint density at radius 3 is 2.29 bits per heavy atom. The number of carbonyl (C=O) groups is 3. The molecule has 0 radical (unpaired) electrons. The lowest BCUT2D eigenvalue weighted by Gasteiger charge is -2.18. The molecule has 0 saturated heterocycles. The first-order valence-electron chi connectivity index (χ1n) is 8.52. The third-order valence-electron chi connectivity index (χ3n) is 3.73. The molecule has 0 aliphatic heterocycles. The summed E-state index contributed by atoms with van der Waals surface area (Å²) in [6.45, 7) is 0. The summed E-state index contributed by atoms with van der Waals surface area (Å²) in [5, 5.41) is 6.14. The third-order valence-corrected chi connectivity index (χ3v) is 4.91. The van der Waals surface area contributed by atoms with Crippen LogP contribution >= 0.6 is 23.4 Å². The molecule has 0 spiro atoms. The number of benzene rings is 2. The maximum absolute atomic E-state index is 12.2. The molecule has 0 aliphatic rings. The molecule has 2 aromatic carbocycles. The SMILES string of the molecule is COC(=O)CC(NC(=O)CSCC(=O)Nc1ccc(Cl)cc1)c1ccccc1. The van der Waals surface area contributed by atoms with Crippen molar-refractivity contribution < 1.29 is 19.1 Å². The average Bonchev–Trinajstić information content (AvgIpc) is 2.69. The first kappa shape index (κ1) is 21.8. The number of hydrogen-bond acceptors (Lipinski definition) is 5. The van der Waals surface area contributed by atoms with Gasteiger partial charge in [0.1, 0.15) is 0 Å². The number of hydrogen-bond donors (Lipinski definition) is 2. The molecular formula is C20H21ClN2O4S. The second-order valence-electron chi connectivity index (χ2n) is 5.86. The molecule has 2 rings (SSSR count). The van der Waals surface area contributed by atoms with Crippen LogP contribution in [-0.2, 0) is 19.1 Å². The molecule has 28 heavy (non-hydrogen) atoms. The Morgan fingerprint density at radius 1 is 1.00 bits per heavy atom. The predicted octanol–water partition coefficient (Wildman–Crippen LogP) is 3.43. The second-order valence-corrected chi connectivity index (χ2v) is 7.28. The van der Waals surface area contributed by atoms with Crippen molar-refractivity contribution in [2.24, 2.45) is 0 Å². The lowest BCUT2D eigenvalue weighted by atomic mass is 10.0. The van der Waals surface area contributed by atoms with Gasteiger partial charge >= 0.3 is 5.97 Å². The highest BCUT2D eigenvalue weighted by atomic mass is 35.5. The van der Waals surface area contributed by atoms with Gasteiger partial charge in [0.05, 0.1) is 31.1 Å². The van der Waals surface area contributed by atoms with Gasteiger partial charge in [-0.3, -0.25) is 14.4 Å². The molecule has 0 heterocycles. The lowest BCUT2D eigenvalue weighted by molar-refractivity contribution is -0.141. The van der Waals surface area contributed by atoms with E-state index in [2.05, 4.69) is 10.6 Å². The molecule has 0 aliphatic carbocycles. The number of ether oxygens (including phenoxy) is 1. The Labute approximate surface area is 173 Å². The maximum atomic E-state index is 12.2. The second kappa shape index (κ2) is 11.4. The highest BCUT2D eigenvalue weighted by Crippen LogP contribution is 2.18. The molecule has 8 heteroatoms. The van der Waals surface area contributed by atoms with Crippen LogP contribution in [0.5, 0.6) is 0 Å². The van der Waals surface area contributed by atoms with Crippen LogP contribution in [0.3, 0.4) is 0 Å². The molecule has 148 valence electrons. The highest BCUT2D eigenvalue weighted by molar-refractivity contribution is 8.00. The number of carbonyl (C=O) groups excluding carboxylic acids is 3. The number of rotatable bonds is 9. The fourth-order valence-corrected chi connectivity index (χ4v) is 3.14. The van der Waals surface area contributed by atoms with E-state index in [-0.39, 0.29) is 29.7 Å². The first-order valence-corrected chi connectivity index (χ1v) is 10.1. The molecule has 1 atom stereocenters. The van der Waals surface area contributed by atoms with Gasteiger partial charge in [-0.2, -0.15) is 0 Å². The van der Waals surface area contributed by atoms with E-state index < -0.39 is 12.0 Å². The van der Waals surface area contributed by atoms with Crippen LogP contribution in [-0.4, -0.2) is 36.4 Å². The summed E-state index contributed by atoms with van der Waals surface area (Å²) in [6, 6.07) is 15.5. The highest BCUT2D eigenvalue weighted by Gasteiger charge is 2.19. The van der Waals surface area contributed by atoms with Crippen LogP contribution in [0.2, 0.25) is 5.02 Å². The zero-order chi connectivity index (χ0) is 20.4. The van der Waals surface area contributed by atoms with Crippen molar-refractivity contribution >= 4 is 46.8 Å². The Hall–Kier alpha value is -2.51. The zero-order valence-electron chi connectivity index (χ0n) is 15.3. The van der Waals surface area contributed by atoms with E-state index in [1.54, 1.807) is 24.3 Å². The molecule has 0 fully saturated rings. The summed E-state index contributed by atoms with van der Waals surface area (Å²) >= 11 is 6.99. The fourth-order valence-electron chi connectivity index (χ4n) is 2.39. The molecule has 0 saturated carbocycles. The van der Waals surface area contributed by atoms with Crippen molar-refractivity contribution in [1.29, 1.82) is 0 Å². The standard InChI is InChI=1S/C20H21ClN2O4S/c1-27-20(26)11-17(14-5-3-2-4-6-14)23-19(25)13-28-12-18(24)22-16-9-7-15(21)8-10-16/h2-10,17H,11-13H2,1H3,(H,22,24)(H,23,25). The average molecular weight is 421 g/mol. The third kappa shape index (κ3) is 7.62. The summed E-state index contributed by atoms with van der Waals surface area (Å²) in [4.78, 5) is 35.8. The minimum absolute atomic E-state index is 0.0357. The number of thioether (sulfide) groups is 1. The number of esters is 1. The topological polar surface area (TPSA) is 84.5 Å². The number of amides is 2. The number of anilines is 1. The van der Waals surface area contributed by atoms with Gasteiger partial charge in [0.15, 0.2) is 0 Å². The van der Waals surface area contributed by atoms with Gasteiger partial charge in [-0.15, -0.1) is 11.8 Å². The summed E-state index contributed by atoms with van der Waals surface area (Å²) in [6.07, 6.45) is 0.0357. The predicted molar refractivity (Wildman–Crippen MR) is 111 cm³/mol. The van der Waals surface area contributed by atoms with Gasteiger partial charge in [0.25, 0.3) is 0 Å². The van der Waals surface area contributed by atoms with Crippen LogP contribution in [0.1, 0.15) is 18.0 Å². The van der Waals surface area contributed by atoms with Crippen LogP contribution in [0.4, 0.5) is 5.69 Å². The number of nitrogens with one attached hydrogen (secondary N) is 2. The van der Waals surface area contributed by atoms with Crippen molar-refractivity contribution in [3.63, 3.8) is 0 Å². The van der Waals surface area contributed by atoms with E-state index in [9.17, 15) is 14.4 Å². The van der Waals surface area contributed by atoms with Crippen LogP contribution in [0.15, 0.2) is 54.6 Å². The largest absolute Gasteiger partial charge is 0.469 e. The van der Waals surface area contributed by atoms with Crippen LogP contribution < -0.4 is 10.6 Å². The van der Waals surface area contributed by atoms with E-state index in [0.717, 1.165) is 5.56 Å². The van der Waals surface area contributed by atoms with Gasteiger partial charge in [0, 0.05) is 10.7 Å². The Balaban J connectivity index is 1.81. The van der Waals surface area contributed by atoms with Crippen molar-refractivity contribution in [3.8, 4) is 0 Å². The van der Waals surface area contributed by atoms with Crippen molar-refractivity contribution in [2.45, 2.75) is 12.5 Å². The summed E-state index contributed by atoms with van der Waals surface area (Å²) in [5.74, 6) is -0.665. The Morgan fingerprint density at radius 2 is 1.64 bits per heavy atom.